The van der Waals surface area contributed by atoms with E-state index >= 15 is 0 Å². The van der Waals surface area contributed by atoms with Crippen LogP contribution in [-0.4, -0.2) is 27.7 Å². The maximum atomic E-state index is 10.8. The summed E-state index contributed by atoms with van der Waals surface area (Å²) in [5.74, 6) is -0.625. The normalized spacial score (nSPS) is 10.2. The van der Waals surface area contributed by atoms with E-state index in [4.69, 9.17) is 9.84 Å². The third kappa shape index (κ3) is 2.94. The molecule has 0 saturated heterocycles. The smallest absolute Gasteiger partial charge is 0.337 e. The van der Waals surface area contributed by atoms with E-state index in [1.807, 2.05) is 0 Å². The van der Waals surface area contributed by atoms with Crippen LogP contribution in [0.15, 0.2) is 36.7 Å². The van der Waals surface area contributed by atoms with Crippen molar-refractivity contribution in [1.82, 2.24) is 4.57 Å². The molecule has 1 heterocycles. The number of hydrogen-bond donors (Lipinski definition) is 1. The van der Waals surface area contributed by atoms with Gasteiger partial charge in [0, 0.05) is 25.0 Å². The van der Waals surface area contributed by atoms with Gasteiger partial charge in [0.05, 0.1) is 23.7 Å². The summed E-state index contributed by atoms with van der Waals surface area (Å²) in [6.07, 6.45) is 3.07. The second kappa shape index (κ2) is 5.43. The Kier molecular flexibility index (Phi) is 3.69. The predicted molar refractivity (Wildman–Crippen MR) is 70.1 cm³/mol. The molecule has 0 radical (unpaired) electrons. The molecule has 0 aliphatic heterocycles. The summed E-state index contributed by atoms with van der Waals surface area (Å²) >= 11 is 0. The Bertz CT molecular complexity index is 663. The fourth-order valence-corrected chi connectivity index (χ4v) is 1.83. The topological polar surface area (TPSA) is 94.6 Å². The fourth-order valence-electron chi connectivity index (χ4n) is 1.83. The predicted octanol–water partition coefficient (Wildman–Crippen LogP) is 2.15. The summed E-state index contributed by atoms with van der Waals surface area (Å²) in [4.78, 5) is 21.1. The standard InChI is InChI=1S/C13H12N2O5/c1-20-12-5-9(4-11(6-12)15(18)19)7-14-3-2-10(8-14)13(16)17/h2-6,8H,7H2,1H3,(H,16,17). The second-order valence-corrected chi connectivity index (χ2v) is 4.17. The van der Waals surface area contributed by atoms with E-state index in [1.165, 1.54) is 31.5 Å². The van der Waals surface area contributed by atoms with Crippen LogP contribution in [0.4, 0.5) is 5.69 Å². The monoisotopic (exact) mass is 276 g/mol. The Morgan fingerprint density at radius 1 is 1.45 bits per heavy atom. The van der Waals surface area contributed by atoms with Gasteiger partial charge in [0.1, 0.15) is 5.75 Å². The molecule has 20 heavy (non-hydrogen) atoms. The van der Waals surface area contributed by atoms with Crippen molar-refractivity contribution >= 4 is 11.7 Å². The molecule has 1 N–H and O–H groups in total. The first kappa shape index (κ1) is 13.6. The van der Waals surface area contributed by atoms with Gasteiger partial charge in [0.25, 0.3) is 5.69 Å². The van der Waals surface area contributed by atoms with Gasteiger partial charge in [-0.25, -0.2) is 4.79 Å². The van der Waals surface area contributed by atoms with Gasteiger partial charge in [0.2, 0.25) is 0 Å². The lowest BCUT2D eigenvalue weighted by Gasteiger charge is -2.06. The maximum absolute atomic E-state index is 10.8. The van der Waals surface area contributed by atoms with Crippen molar-refractivity contribution < 1.29 is 19.6 Å². The number of nitrogens with zero attached hydrogens (tertiary/aromatic N) is 2. The van der Waals surface area contributed by atoms with Gasteiger partial charge < -0.3 is 14.4 Å². The average Bonchev–Trinajstić information content (AvgIpc) is 2.87. The Balaban J connectivity index is 2.29. The van der Waals surface area contributed by atoms with Gasteiger partial charge in [0.15, 0.2) is 0 Å². The molecule has 0 atom stereocenters. The number of aromatic carboxylic acids is 1. The molecule has 0 fully saturated rings. The molecule has 0 amide bonds. The summed E-state index contributed by atoms with van der Waals surface area (Å²) in [7, 11) is 1.43. The summed E-state index contributed by atoms with van der Waals surface area (Å²) in [6.45, 7) is 0.325. The van der Waals surface area contributed by atoms with Crippen LogP contribution in [0.5, 0.6) is 5.75 Å². The van der Waals surface area contributed by atoms with Crippen LogP contribution >= 0.6 is 0 Å². The molecule has 0 spiro atoms. The summed E-state index contributed by atoms with van der Waals surface area (Å²) in [5, 5.41) is 19.7. The van der Waals surface area contributed by atoms with Crippen LogP contribution in [-0.2, 0) is 6.54 Å². The fraction of sp³-hybridized carbons (Fsp3) is 0.154. The van der Waals surface area contributed by atoms with Gasteiger partial charge in [-0.05, 0) is 17.7 Å². The lowest BCUT2D eigenvalue weighted by Crippen LogP contribution is -2.00. The second-order valence-electron chi connectivity index (χ2n) is 4.17. The molecule has 1 aromatic carbocycles. The lowest BCUT2D eigenvalue weighted by atomic mass is 10.2. The molecule has 2 rings (SSSR count). The number of non-ortho nitro benzene ring substituents is 1. The highest BCUT2D eigenvalue weighted by Gasteiger charge is 2.11. The van der Waals surface area contributed by atoms with Gasteiger partial charge in [-0.2, -0.15) is 0 Å². The zero-order valence-electron chi connectivity index (χ0n) is 10.6. The summed E-state index contributed by atoms with van der Waals surface area (Å²) in [5.41, 5.74) is 0.760. The van der Waals surface area contributed by atoms with Crippen LogP contribution in [0.2, 0.25) is 0 Å². The summed E-state index contributed by atoms with van der Waals surface area (Å²) in [6, 6.07) is 5.91. The molecule has 7 nitrogen and oxygen atoms in total. The molecule has 1 aromatic heterocycles. The van der Waals surface area contributed by atoms with E-state index in [9.17, 15) is 14.9 Å². The minimum atomic E-state index is -1.01. The average molecular weight is 276 g/mol. The van der Waals surface area contributed by atoms with Crippen molar-refractivity contribution in [1.29, 1.82) is 0 Å². The van der Waals surface area contributed by atoms with E-state index in [2.05, 4.69) is 0 Å². The van der Waals surface area contributed by atoms with E-state index in [0.717, 1.165) is 0 Å². The molecule has 0 bridgehead atoms. The molecular formula is C13H12N2O5. The van der Waals surface area contributed by atoms with Gasteiger partial charge >= 0.3 is 5.97 Å². The highest BCUT2D eigenvalue weighted by atomic mass is 16.6. The van der Waals surface area contributed by atoms with Crippen molar-refractivity contribution in [3.05, 3.63) is 57.9 Å². The number of methoxy groups -OCH3 is 1. The third-order valence-corrected chi connectivity index (χ3v) is 2.76. The van der Waals surface area contributed by atoms with Crippen LogP contribution < -0.4 is 4.74 Å². The quantitative estimate of drug-likeness (QED) is 0.667. The van der Waals surface area contributed by atoms with E-state index in [-0.39, 0.29) is 11.3 Å². The number of aromatic nitrogens is 1. The number of rotatable bonds is 5. The minimum Gasteiger partial charge on any atom is -0.496 e. The molecule has 2 aromatic rings. The Hall–Kier alpha value is -2.83. The van der Waals surface area contributed by atoms with E-state index < -0.39 is 10.9 Å². The van der Waals surface area contributed by atoms with E-state index in [0.29, 0.717) is 17.9 Å². The molecule has 0 saturated carbocycles. The number of nitro groups is 1. The third-order valence-electron chi connectivity index (χ3n) is 2.76. The van der Waals surface area contributed by atoms with Crippen molar-refractivity contribution in [2.45, 2.75) is 6.54 Å². The number of ether oxygens (including phenoxy) is 1. The van der Waals surface area contributed by atoms with Gasteiger partial charge in [-0.15, -0.1) is 0 Å². The highest BCUT2D eigenvalue weighted by Crippen LogP contribution is 2.23. The van der Waals surface area contributed by atoms with Crippen LogP contribution in [0.1, 0.15) is 15.9 Å². The zero-order valence-corrected chi connectivity index (χ0v) is 10.6. The first-order valence-electron chi connectivity index (χ1n) is 5.71. The van der Waals surface area contributed by atoms with Gasteiger partial charge in [-0.1, -0.05) is 0 Å². The first-order chi connectivity index (χ1) is 9.49. The zero-order chi connectivity index (χ0) is 14.7. The first-order valence-corrected chi connectivity index (χ1v) is 5.71. The molecule has 0 aliphatic rings. The number of nitro benzene ring substituents is 1. The largest absolute Gasteiger partial charge is 0.496 e. The Morgan fingerprint density at radius 2 is 2.20 bits per heavy atom. The molecule has 0 unspecified atom stereocenters. The Morgan fingerprint density at radius 3 is 2.75 bits per heavy atom. The van der Waals surface area contributed by atoms with E-state index in [1.54, 1.807) is 16.8 Å². The minimum absolute atomic E-state index is 0.0648. The Labute approximate surface area is 114 Å². The molecule has 0 aliphatic carbocycles. The number of carboxylic acids is 1. The van der Waals surface area contributed by atoms with Crippen molar-refractivity contribution in [3.63, 3.8) is 0 Å². The number of carboxylic acid groups (broad SMARTS) is 1. The van der Waals surface area contributed by atoms with Crippen LogP contribution in [0, 0.1) is 10.1 Å². The lowest BCUT2D eigenvalue weighted by molar-refractivity contribution is -0.385. The molecular weight excluding hydrogens is 264 g/mol. The molecule has 7 heteroatoms. The highest BCUT2D eigenvalue weighted by molar-refractivity contribution is 5.87. The van der Waals surface area contributed by atoms with Crippen molar-refractivity contribution in [2.24, 2.45) is 0 Å². The van der Waals surface area contributed by atoms with Crippen molar-refractivity contribution in [3.8, 4) is 5.75 Å². The van der Waals surface area contributed by atoms with Crippen LogP contribution in [0.3, 0.4) is 0 Å². The van der Waals surface area contributed by atoms with Crippen molar-refractivity contribution in [2.75, 3.05) is 7.11 Å². The summed E-state index contributed by atoms with van der Waals surface area (Å²) < 4.78 is 6.66. The maximum Gasteiger partial charge on any atom is 0.337 e. The van der Waals surface area contributed by atoms with Crippen LogP contribution in [0.25, 0.3) is 0 Å². The number of carbonyl (C=O) groups is 1. The SMILES string of the molecule is COc1cc(Cn2ccc(C(=O)O)c2)cc([N+](=O)[O-])c1. The van der Waals surface area contributed by atoms with Gasteiger partial charge in [-0.3, -0.25) is 10.1 Å². The number of benzene rings is 1. The number of hydrogen-bond acceptors (Lipinski definition) is 4. The molecule has 104 valence electrons.